The number of aliphatic hydroxyl groups is 4. The van der Waals surface area contributed by atoms with E-state index < -0.39 is 12.1 Å². The molecule has 2 saturated carbocycles. The van der Waals surface area contributed by atoms with Crippen LogP contribution in [0.5, 0.6) is 0 Å². The van der Waals surface area contributed by atoms with Gasteiger partial charge in [0.05, 0.1) is 25.4 Å². The molecule has 10 nitrogen and oxygen atoms in total. The Morgan fingerprint density at radius 2 is 1.13 bits per heavy atom. The van der Waals surface area contributed by atoms with Gasteiger partial charge in [-0.1, -0.05) is 13.8 Å². The molecule has 0 radical (unpaired) electrons. The number of hydrogen-bond donors (Lipinski definition) is 8. The van der Waals surface area contributed by atoms with Crippen LogP contribution in [0.1, 0.15) is 52.4 Å². The molecule has 0 bridgehead atoms. The summed E-state index contributed by atoms with van der Waals surface area (Å²) >= 11 is 0. The Labute approximate surface area is 178 Å². The van der Waals surface area contributed by atoms with Crippen LogP contribution >= 0.6 is 0 Å². The molecule has 2 rings (SSSR count). The third-order valence-electron chi connectivity index (χ3n) is 6.01. The zero-order valence-corrected chi connectivity index (χ0v) is 18.0. The minimum atomic E-state index is -0.841. The van der Waals surface area contributed by atoms with Gasteiger partial charge >= 0.3 is 0 Å². The van der Waals surface area contributed by atoms with Crippen molar-refractivity contribution in [1.82, 2.24) is 10.6 Å². The van der Waals surface area contributed by atoms with E-state index in [0.29, 0.717) is 12.8 Å². The van der Waals surface area contributed by atoms with E-state index in [0.717, 1.165) is 25.7 Å². The van der Waals surface area contributed by atoms with Crippen molar-refractivity contribution in [2.45, 2.75) is 88.7 Å². The molecule has 10 N–H and O–H groups in total. The topological polar surface area (TPSA) is 191 Å². The molecular formula is C20H40N4O6. The van der Waals surface area contributed by atoms with Crippen LogP contribution in [0.25, 0.3) is 0 Å². The number of nitrogens with two attached hydrogens (primary N) is 2. The predicted molar refractivity (Wildman–Crippen MR) is 112 cm³/mol. The highest BCUT2D eigenvalue weighted by Crippen LogP contribution is 2.25. The lowest BCUT2D eigenvalue weighted by Crippen LogP contribution is -2.49. The Balaban J connectivity index is 0.000000300. The van der Waals surface area contributed by atoms with Gasteiger partial charge in [0.25, 0.3) is 0 Å². The fourth-order valence-corrected chi connectivity index (χ4v) is 3.80. The molecule has 0 aromatic carbocycles. The molecule has 176 valence electrons. The van der Waals surface area contributed by atoms with Crippen molar-refractivity contribution in [3.8, 4) is 0 Å². The Kier molecular flexibility index (Phi) is 11.7. The average Bonchev–Trinajstić information content (AvgIpc) is 2.72. The molecule has 10 heteroatoms. The van der Waals surface area contributed by atoms with Gasteiger partial charge < -0.3 is 42.5 Å². The number of carbonyl (C=O) groups is 2. The standard InChI is InChI=1S/2C10H20N2O3/c2*1-6-4-7(2-3-9(6)14)12-10(15)8(11)5-13/h2*6-9,13-14H,2-5,11H2,1H3,(H,12,15)/t6-,7+,8+,9-;6-,7+,8-,9-/m01/s1. The first-order chi connectivity index (χ1) is 14.1. The Morgan fingerprint density at radius 3 is 1.40 bits per heavy atom. The van der Waals surface area contributed by atoms with E-state index in [-0.39, 0.29) is 61.2 Å². The normalized spacial score (nSPS) is 33.5. The van der Waals surface area contributed by atoms with Gasteiger partial charge in [-0.2, -0.15) is 0 Å². The summed E-state index contributed by atoms with van der Waals surface area (Å²) in [5, 5.41) is 42.0. The monoisotopic (exact) mass is 432 g/mol. The van der Waals surface area contributed by atoms with Gasteiger partial charge in [-0.05, 0) is 50.4 Å². The molecule has 0 aromatic rings. The van der Waals surface area contributed by atoms with Crippen LogP contribution in [0.4, 0.5) is 0 Å². The second-order valence-electron chi connectivity index (χ2n) is 8.70. The first-order valence-electron chi connectivity index (χ1n) is 10.8. The number of aliphatic hydroxyl groups excluding tert-OH is 4. The van der Waals surface area contributed by atoms with Crippen molar-refractivity contribution in [3.63, 3.8) is 0 Å². The highest BCUT2D eigenvalue weighted by atomic mass is 16.3. The molecule has 2 fully saturated rings. The zero-order chi connectivity index (χ0) is 22.8. The quantitative estimate of drug-likeness (QED) is 0.235. The van der Waals surface area contributed by atoms with E-state index in [4.69, 9.17) is 21.7 Å². The highest BCUT2D eigenvalue weighted by Gasteiger charge is 2.28. The van der Waals surface area contributed by atoms with E-state index in [1.807, 2.05) is 13.8 Å². The summed E-state index contributed by atoms with van der Waals surface area (Å²) in [5.41, 5.74) is 10.8. The van der Waals surface area contributed by atoms with Crippen LogP contribution in [0.15, 0.2) is 0 Å². The lowest BCUT2D eigenvalue weighted by atomic mass is 9.84. The molecule has 2 aliphatic rings. The zero-order valence-electron chi connectivity index (χ0n) is 18.0. The van der Waals surface area contributed by atoms with Crippen molar-refractivity contribution >= 4 is 11.8 Å². The molecule has 0 heterocycles. The highest BCUT2D eigenvalue weighted by molar-refractivity contribution is 5.82. The summed E-state index contributed by atoms with van der Waals surface area (Å²) in [6.45, 7) is 3.26. The van der Waals surface area contributed by atoms with Crippen LogP contribution in [0, 0.1) is 11.8 Å². The molecule has 0 saturated heterocycles. The van der Waals surface area contributed by atoms with Gasteiger partial charge in [-0.25, -0.2) is 0 Å². The van der Waals surface area contributed by atoms with Crippen LogP contribution in [0.2, 0.25) is 0 Å². The predicted octanol–water partition coefficient (Wildman–Crippen LogP) is -2.06. The molecule has 0 unspecified atom stereocenters. The van der Waals surface area contributed by atoms with Crippen LogP contribution < -0.4 is 22.1 Å². The lowest BCUT2D eigenvalue weighted by Gasteiger charge is -2.32. The van der Waals surface area contributed by atoms with Gasteiger partial charge in [0.1, 0.15) is 12.1 Å². The van der Waals surface area contributed by atoms with Gasteiger partial charge in [-0.3, -0.25) is 9.59 Å². The SMILES string of the molecule is C[C@@H]1C[C@@H](NC(=O)[C@H](N)CO)CC[C@H]1O.C[C@H]1C[C@H](NC(=O)[C@H](N)CO)CC[C@@H]1O. The average molecular weight is 433 g/mol. The van der Waals surface area contributed by atoms with Crippen molar-refractivity contribution < 1.29 is 30.0 Å². The molecular weight excluding hydrogens is 392 g/mol. The number of hydrogen-bond acceptors (Lipinski definition) is 8. The Morgan fingerprint density at radius 1 is 0.800 bits per heavy atom. The number of amides is 2. The number of carbonyl (C=O) groups excluding carboxylic acids is 2. The second-order valence-corrected chi connectivity index (χ2v) is 8.70. The van der Waals surface area contributed by atoms with E-state index in [1.54, 1.807) is 0 Å². The third-order valence-corrected chi connectivity index (χ3v) is 6.01. The fraction of sp³-hybridized carbons (Fsp3) is 0.900. The lowest BCUT2D eigenvalue weighted by molar-refractivity contribution is -0.125. The maximum atomic E-state index is 11.4. The molecule has 0 aliphatic heterocycles. The number of rotatable bonds is 6. The molecule has 0 spiro atoms. The molecule has 2 amide bonds. The summed E-state index contributed by atoms with van der Waals surface area (Å²) < 4.78 is 0. The minimum absolute atomic E-state index is 0.0773. The summed E-state index contributed by atoms with van der Waals surface area (Å²) in [6, 6.07) is -1.53. The summed E-state index contributed by atoms with van der Waals surface area (Å²) in [4.78, 5) is 22.7. The molecule has 0 aromatic heterocycles. The largest absolute Gasteiger partial charge is 0.394 e. The number of nitrogens with one attached hydrogen (secondary N) is 2. The summed E-state index contributed by atoms with van der Waals surface area (Å²) in [5.74, 6) is -0.221. The fourth-order valence-electron chi connectivity index (χ4n) is 3.80. The van der Waals surface area contributed by atoms with Crippen molar-refractivity contribution in [2.24, 2.45) is 23.3 Å². The van der Waals surface area contributed by atoms with Crippen LogP contribution in [-0.2, 0) is 9.59 Å². The van der Waals surface area contributed by atoms with Crippen LogP contribution in [0.3, 0.4) is 0 Å². The molecule has 30 heavy (non-hydrogen) atoms. The van der Waals surface area contributed by atoms with E-state index in [9.17, 15) is 19.8 Å². The summed E-state index contributed by atoms with van der Waals surface area (Å²) in [6.07, 6.45) is 3.98. The van der Waals surface area contributed by atoms with Gasteiger partial charge in [0, 0.05) is 12.1 Å². The van der Waals surface area contributed by atoms with E-state index >= 15 is 0 Å². The maximum Gasteiger partial charge on any atom is 0.239 e. The van der Waals surface area contributed by atoms with Gasteiger partial charge in [0.2, 0.25) is 11.8 Å². The van der Waals surface area contributed by atoms with Crippen LogP contribution in [-0.4, -0.2) is 81.8 Å². The first-order valence-corrected chi connectivity index (χ1v) is 10.8. The third kappa shape index (κ3) is 8.83. The van der Waals surface area contributed by atoms with Gasteiger partial charge in [-0.15, -0.1) is 0 Å². The van der Waals surface area contributed by atoms with Crippen molar-refractivity contribution in [3.05, 3.63) is 0 Å². The first kappa shape index (κ1) is 26.7. The Bertz CT molecular complexity index is 491. The Hall–Kier alpha value is -1.30. The van der Waals surface area contributed by atoms with Gasteiger partial charge in [0.15, 0.2) is 0 Å². The van der Waals surface area contributed by atoms with E-state index in [2.05, 4.69) is 10.6 Å². The van der Waals surface area contributed by atoms with Crippen molar-refractivity contribution in [1.29, 1.82) is 0 Å². The summed E-state index contributed by atoms with van der Waals surface area (Å²) in [7, 11) is 0. The molecule has 8 atom stereocenters. The smallest absolute Gasteiger partial charge is 0.239 e. The van der Waals surface area contributed by atoms with E-state index in [1.165, 1.54) is 0 Å². The maximum absolute atomic E-state index is 11.4. The second kappa shape index (κ2) is 13.2. The van der Waals surface area contributed by atoms with Crippen molar-refractivity contribution in [2.75, 3.05) is 13.2 Å². The molecule has 2 aliphatic carbocycles. The minimum Gasteiger partial charge on any atom is -0.394 e.